The Morgan fingerprint density at radius 1 is 0.224 bits per heavy atom. The molecule has 12 unspecified atom stereocenters. The average Bonchev–Trinajstić information content (AvgIpc) is 0.780. The number of ether oxygens (including phenoxy) is 12. The summed E-state index contributed by atoms with van der Waals surface area (Å²) in [5.74, 6) is 6.47. The lowest BCUT2D eigenvalue weighted by Gasteiger charge is -2.33. The molecule has 0 bridgehead atoms. The Balaban J connectivity index is 0.000000111. The largest absolute Gasteiger partial charge is 0.497 e. The van der Waals surface area contributed by atoms with E-state index in [-0.39, 0.29) is 65.2 Å². The van der Waals surface area contributed by atoms with Crippen molar-refractivity contribution < 1.29 is 83.2 Å². The minimum atomic E-state index is -0.730. The third-order valence-electron chi connectivity index (χ3n) is 27.7. The molecule has 6 aliphatic heterocycles. The molecule has 0 aliphatic carbocycles. The van der Waals surface area contributed by atoms with E-state index >= 15 is 0 Å². The number of hydrogen-bond donors (Lipinski definition) is 6. The highest BCUT2D eigenvalue weighted by molar-refractivity contribution is 6.35. The van der Waals surface area contributed by atoms with Crippen LogP contribution in [0.25, 0.3) is 64.6 Å². The molecule has 147 heavy (non-hydrogen) atoms. The number of hydrogen-bond acceptors (Lipinski definition) is 18. The van der Waals surface area contributed by atoms with Gasteiger partial charge in [0, 0.05) is 82.3 Å². The zero-order valence-electron chi connectivity index (χ0n) is 80.9. The summed E-state index contributed by atoms with van der Waals surface area (Å²) >= 11 is 18.7. The third-order valence-corrected chi connectivity index (χ3v) is 28.6. The van der Waals surface area contributed by atoms with Crippen molar-refractivity contribution in [2.75, 3.05) is 42.7 Å². The Hall–Kier alpha value is -14.7. The Labute approximate surface area is 860 Å². The van der Waals surface area contributed by atoms with E-state index in [1.165, 1.54) is 30.3 Å². The summed E-state index contributed by atoms with van der Waals surface area (Å²) in [6.45, 7) is 0. The lowest BCUT2D eigenvalue weighted by atomic mass is 9.90. The van der Waals surface area contributed by atoms with Gasteiger partial charge in [0.1, 0.15) is 141 Å². The first-order valence-electron chi connectivity index (χ1n) is 47.9. The maximum atomic E-state index is 14.1. The van der Waals surface area contributed by atoms with Crippen molar-refractivity contribution in [3.8, 4) is 69.0 Å². The van der Waals surface area contributed by atoms with Crippen molar-refractivity contribution in [3.63, 3.8) is 0 Å². The van der Waals surface area contributed by atoms with Crippen molar-refractivity contribution in [1.82, 2.24) is 0 Å². The van der Waals surface area contributed by atoms with Crippen LogP contribution in [0.5, 0.6) is 69.0 Å². The van der Waals surface area contributed by atoms with Gasteiger partial charge in [-0.2, -0.15) is 0 Å². The van der Waals surface area contributed by atoms with Gasteiger partial charge in [-0.15, -0.1) is 0 Å². The Kier molecular flexibility index (Phi) is 30.2. The van der Waals surface area contributed by atoms with E-state index in [1.807, 2.05) is 200 Å². The highest BCUT2D eigenvalue weighted by atomic mass is 35.5. The molecule has 18 nitrogen and oxygen atoms in total. The van der Waals surface area contributed by atoms with Crippen molar-refractivity contribution >= 4 is 99.4 Å². The lowest BCUT2D eigenvalue weighted by Crippen LogP contribution is -2.38. The molecular formula is C120H105Cl3F6N6O12. The van der Waals surface area contributed by atoms with Crippen molar-refractivity contribution in [1.29, 1.82) is 0 Å². The van der Waals surface area contributed by atoms with Crippen LogP contribution >= 0.6 is 34.8 Å². The SMILES string of the molecule is COc1ccc2ccc3c(c2c1)CC(N)C(c1cc(F)ccc1F)O3.COc1ccc2ccc3c(c2c1)CC(N)C(c1ccc(Cl)cc1Cl)O3.COc1ccc2ccc3c(c2c1)CC(N)C(c1ccc(F)cc1)O3.COc1ccc2ccc3c(c2c1)CC(N)C(c1ccc(F)cc1F)O3.COc1ccc2ccc3c(c2c1)CC(N)C(c1ccccc1Cl)O3.COc1ccc2ccc3c(c2c1)CC(N)C(c1ccccc1F)O3. The standard InChI is InChI=1S/C20H17Cl2NO2.C20H18ClNO2.2C20H17F2NO2.2C20H18FNO2/c1-24-13-5-2-11-3-7-19-16(15(11)9-13)10-18(23)20(25-19)14-6-4-12(21)8-17(14)22;1-23-13-8-6-12-7-9-19-16(15(12)10-13)11-18(22)20(24-19)14-4-2-3-5-17(14)21;1-24-13-5-2-11-3-7-19-15(14(11)9-13)10-18(23)20(25-19)16-8-12(21)4-6-17(16)22;1-24-13-5-2-11-3-7-19-16(15(11)9-13)10-18(23)20(25-19)14-6-4-12(21)8-17(14)22;1-23-15-8-4-12-5-9-19-17(16(12)10-15)11-18(22)20(24-19)13-2-6-14(21)7-3-13;1-23-13-8-6-12-7-9-19-16(15(12)10-13)11-18(22)20(24-19)14-4-2-3-5-17(14)21/h2-9,18,20H,10,23H2,1H3;2-10,18,20H,11,22H2,1H3;2*2-9,18,20H,10,23H2,1H3;2*2-10,18,20H,11,22H2,1H3. The molecule has 18 aromatic carbocycles. The first-order valence-corrected chi connectivity index (χ1v) is 49.0. The molecule has 6 aliphatic rings. The Morgan fingerprint density at radius 2 is 0.483 bits per heavy atom. The van der Waals surface area contributed by atoms with Gasteiger partial charge in [0.25, 0.3) is 0 Å². The van der Waals surface area contributed by atoms with Crippen LogP contribution in [-0.4, -0.2) is 78.9 Å². The van der Waals surface area contributed by atoms with Gasteiger partial charge in [0.05, 0.1) is 78.9 Å². The van der Waals surface area contributed by atoms with Crippen molar-refractivity contribution in [2.24, 2.45) is 34.4 Å². The summed E-state index contributed by atoms with van der Waals surface area (Å²) in [6.07, 6.45) is 1.08. The molecule has 0 radical (unpaired) electrons. The minimum Gasteiger partial charge on any atom is -0.497 e. The summed E-state index contributed by atoms with van der Waals surface area (Å²) in [4.78, 5) is 0. The fourth-order valence-corrected chi connectivity index (χ4v) is 20.9. The van der Waals surface area contributed by atoms with E-state index in [2.05, 4.69) is 12.1 Å². The molecule has 6 heterocycles. The second-order valence-corrected chi connectivity index (χ2v) is 38.1. The van der Waals surface area contributed by atoms with Crippen molar-refractivity contribution in [3.05, 3.63) is 426 Å². The van der Waals surface area contributed by atoms with Crippen LogP contribution in [0, 0.1) is 34.9 Å². The molecular weight excluding hydrogens is 1940 g/mol. The van der Waals surface area contributed by atoms with Gasteiger partial charge in [-0.05, 0) is 285 Å². The van der Waals surface area contributed by atoms with E-state index in [1.54, 1.807) is 85.1 Å². The summed E-state index contributed by atoms with van der Waals surface area (Å²) in [7, 11) is 9.87. The van der Waals surface area contributed by atoms with Crippen LogP contribution in [0.3, 0.4) is 0 Å². The number of nitrogens with two attached hydrogens (primary N) is 6. The molecule has 0 aromatic heterocycles. The second kappa shape index (κ2) is 43.9. The maximum absolute atomic E-state index is 14.1. The molecule has 12 N–H and O–H groups in total. The van der Waals surface area contributed by atoms with Crippen LogP contribution in [0.1, 0.15) is 103 Å². The number of fused-ring (bicyclic) bond motifs is 18. The van der Waals surface area contributed by atoms with Gasteiger partial charge in [0.2, 0.25) is 0 Å². The molecule has 0 amide bonds. The molecule has 12 atom stereocenters. The first-order chi connectivity index (χ1) is 71.2. The van der Waals surface area contributed by atoms with Crippen LogP contribution in [0.2, 0.25) is 15.1 Å². The van der Waals surface area contributed by atoms with Gasteiger partial charge in [-0.25, -0.2) is 26.3 Å². The Bertz CT molecular complexity index is 7670. The predicted octanol–water partition coefficient (Wildman–Crippen LogP) is 25.9. The van der Waals surface area contributed by atoms with Crippen molar-refractivity contribution in [2.45, 2.75) is 111 Å². The van der Waals surface area contributed by atoms with Crippen LogP contribution in [0.4, 0.5) is 26.3 Å². The quantitative estimate of drug-likeness (QED) is 0.0621. The van der Waals surface area contributed by atoms with Gasteiger partial charge in [-0.3, -0.25) is 0 Å². The average molecular weight is 2040 g/mol. The van der Waals surface area contributed by atoms with Crippen LogP contribution in [0.15, 0.2) is 309 Å². The minimum absolute atomic E-state index is 0.142. The highest BCUT2D eigenvalue weighted by Crippen LogP contribution is 2.49. The first kappa shape index (κ1) is 101. The zero-order chi connectivity index (χ0) is 103. The molecule has 750 valence electrons. The predicted molar refractivity (Wildman–Crippen MR) is 567 cm³/mol. The van der Waals surface area contributed by atoms with E-state index in [0.717, 1.165) is 203 Å². The summed E-state index contributed by atoms with van der Waals surface area (Å²) in [6, 6.07) is 90.4. The van der Waals surface area contributed by atoms with Gasteiger partial charge < -0.3 is 91.2 Å². The topological polar surface area (TPSA) is 267 Å². The lowest BCUT2D eigenvalue weighted by molar-refractivity contribution is 0.149. The fraction of sp³-hybridized carbons (Fsp3) is 0.200. The number of rotatable bonds is 12. The molecule has 0 saturated heterocycles. The summed E-state index contributed by atoms with van der Waals surface area (Å²) in [5, 5.41) is 14.9. The normalized spacial score (nSPS) is 19.5. The summed E-state index contributed by atoms with van der Waals surface area (Å²) < 4.78 is 151. The van der Waals surface area contributed by atoms with Gasteiger partial charge >= 0.3 is 0 Å². The zero-order valence-corrected chi connectivity index (χ0v) is 83.1. The number of halogens is 9. The monoisotopic (exact) mass is 2040 g/mol. The fourth-order valence-electron chi connectivity index (χ4n) is 20.2. The second-order valence-electron chi connectivity index (χ2n) is 36.8. The van der Waals surface area contributed by atoms with E-state index < -0.39 is 53.7 Å². The van der Waals surface area contributed by atoms with E-state index in [9.17, 15) is 26.3 Å². The number of benzene rings is 18. The Morgan fingerprint density at radius 3 is 0.810 bits per heavy atom. The highest BCUT2D eigenvalue weighted by Gasteiger charge is 2.39. The van der Waals surface area contributed by atoms with E-state index in [0.29, 0.717) is 64.2 Å². The molecule has 24 rings (SSSR count). The molecule has 0 saturated carbocycles. The number of methoxy groups -OCH3 is 6. The van der Waals surface area contributed by atoms with Crippen LogP contribution in [-0.2, 0) is 38.5 Å². The summed E-state index contributed by atoms with van der Waals surface area (Å²) in [5.41, 5.74) is 48.0. The molecule has 27 heteroatoms. The molecule has 18 aromatic rings. The third kappa shape index (κ3) is 21.4. The molecule has 0 fully saturated rings. The smallest absolute Gasteiger partial charge is 0.142 e. The maximum Gasteiger partial charge on any atom is 0.142 e. The molecule has 0 spiro atoms. The van der Waals surface area contributed by atoms with Crippen LogP contribution < -0.4 is 91.2 Å². The van der Waals surface area contributed by atoms with E-state index in [4.69, 9.17) is 126 Å². The van der Waals surface area contributed by atoms with Gasteiger partial charge in [-0.1, -0.05) is 162 Å². The van der Waals surface area contributed by atoms with Gasteiger partial charge in [0.15, 0.2) is 0 Å².